The fraction of sp³-hybridized carbons (Fsp3) is 0.375. The van der Waals surface area contributed by atoms with Gasteiger partial charge in [0.05, 0.1) is 16.1 Å². The van der Waals surface area contributed by atoms with Crippen molar-refractivity contribution in [3.63, 3.8) is 0 Å². The number of benzene rings is 1. The number of halogens is 2. The van der Waals surface area contributed by atoms with E-state index in [1.54, 1.807) is 6.07 Å². The first-order valence-electron chi connectivity index (χ1n) is 6.84. The van der Waals surface area contributed by atoms with Crippen molar-refractivity contribution in [2.45, 2.75) is 32.7 Å². The Bertz CT molecular complexity index is 565. The standard InChI is InChI=1S/C16H19Cl2NO/c1-3-9-19-14(15-8-7-11(2)20-15)10-12-5-4-6-13(17)16(12)18/h4-8,14,19H,3,9-10H2,1-2H3. The van der Waals surface area contributed by atoms with Gasteiger partial charge in [-0.15, -0.1) is 0 Å². The predicted octanol–water partition coefficient (Wildman–Crippen LogP) is 5.18. The van der Waals surface area contributed by atoms with E-state index in [2.05, 4.69) is 12.2 Å². The van der Waals surface area contributed by atoms with E-state index in [4.69, 9.17) is 27.6 Å². The smallest absolute Gasteiger partial charge is 0.121 e. The van der Waals surface area contributed by atoms with Crippen LogP contribution in [0.15, 0.2) is 34.7 Å². The van der Waals surface area contributed by atoms with Gasteiger partial charge in [-0.3, -0.25) is 0 Å². The van der Waals surface area contributed by atoms with E-state index in [1.807, 2.05) is 31.2 Å². The maximum Gasteiger partial charge on any atom is 0.121 e. The second kappa shape index (κ2) is 7.16. The zero-order chi connectivity index (χ0) is 14.5. The maximum absolute atomic E-state index is 6.27. The maximum atomic E-state index is 6.27. The number of nitrogens with one attached hydrogen (secondary N) is 1. The molecule has 0 fully saturated rings. The van der Waals surface area contributed by atoms with Crippen molar-refractivity contribution in [3.8, 4) is 0 Å². The Morgan fingerprint density at radius 1 is 1.20 bits per heavy atom. The van der Waals surface area contributed by atoms with Crippen molar-refractivity contribution in [1.82, 2.24) is 5.32 Å². The minimum absolute atomic E-state index is 0.111. The van der Waals surface area contributed by atoms with E-state index in [0.29, 0.717) is 10.0 Å². The first-order chi connectivity index (χ1) is 9.61. The quantitative estimate of drug-likeness (QED) is 0.795. The molecular formula is C16H19Cl2NO. The lowest BCUT2D eigenvalue weighted by molar-refractivity contribution is 0.398. The molecule has 4 heteroatoms. The van der Waals surface area contributed by atoms with Gasteiger partial charge in [0, 0.05) is 0 Å². The fourth-order valence-corrected chi connectivity index (χ4v) is 2.56. The highest BCUT2D eigenvalue weighted by Gasteiger charge is 2.17. The third-order valence-electron chi connectivity index (χ3n) is 3.20. The molecule has 0 bridgehead atoms. The van der Waals surface area contributed by atoms with Crippen molar-refractivity contribution in [1.29, 1.82) is 0 Å². The van der Waals surface area contributed by atoms with E-state index in [0.717, 1.165) is 36.5 Å². The Hall–Kier alpha value is -0.960. The molecule has 2 aromatic rings. The summed E-state index contributed by atoms with van der Waals surface area (Å²) in [6, 6.07) is 9.84. The molecule has 2 rings (SSSR count). The van der Waals surface area contributed by atoms with Crippen molar-refractivity contribution in [2.24, 2.45) is 0 Å². The Morgan fingerprint density at radius 2 is 2.00 bits per heavy atom. The molecule has 0 spiro atoms. The number of rotatable bonds is 6. The molecule has 2 nitrogen and oxygen atoms in total. The van der Waals surface area contributed by atoms with E-state index in [1.165, 1.54) is 0 Å². The summed E-state index contributed by atoms with van der Waals surface area (Å²) in [6.07, 6.45) is 1.83. The van der Waals surface area contributed by atoms with Crippen LogP contribution in [0.5, 0.6) is 0 Å². The number of furan rings is 1. The molecule has 108 valence electrons. The second-order valence-electron chi connectivity index (χ2n) is 4.87. The van der Waals surface area contributed by atoms with Crippen LogP contribution in [0.1, 0.15) is 36.5 Å². The average molecular weight is 312 g/mol. The van der Waals surface area contributed by atoms with Crippen molar-refractivity contribution >= 4 is 23.2 Å². The van der Waals surface area contributed by atoms with E-state index >= 15 is 0 Å². The topological polar surface area (TPSA) is 25.2 Å². The third kappa shape index (κ3) is 3.78. The average Bonchev–Trinajstić information content (AvgIpc) is 2.86. The number of hydrogen-bond acceptors (Lipinski definition) is 2. The van der Waals surface area contributed by atoms with Crippen LogP contribution < -0.4 is 5.32 Å². The monoisotopic (exact) mass is 311 g/mol. The minimum Gasteiger partial charge on any atom is -0.465 e. The molecule has 0 aliphatic heterocycles. The van der Waals surface area contributed by atoms with E-state index in [9.17, 15) is 0 Å². The van der Waals surface area contributed by atoms with Gasteiger partial charge in [0.25, 0.3) is 0 Å². The van der Waals surface area contributed by atoms with Crippen LogP contribution in [0.4, 0.5) is 0 Å². The highest BCUT2D eigenvalue weighted by atomic mass is 35.5. The molecule has 1 heterocycles. The summed E-state index contributed by atoms with van der Waals surface area (Å²) >= 11 is 12.3. The van der Waals surface area contributed by atoms with Crippen LogP contribution in [0, 0.1) is 6.92 Å². The summed E-state index contributed by atoms with van der Waals surface area (Å²) in [5, 5.41) is 4.72. The Labute approximate surface area is 130 Å². The molecule has 0 aliphatic carbocycles. The minimum atomic E-state index is 0.111. The second-order valence-corrected chi connectivity index (χ2v) is 5.66. The number of aryl methyl sites for hydroxylation is 1. The van der Waals surface area contributed by atoms with Crippen LogP contribution in [0.3, 0.4) is 0 Å². The van der Waals surface area contributed by atoms with Gasteiger partial charge in [0.15, 0.2) is 0 Å². The molecule has 0 amide bonds. The van der Waals surface area contributed by atoms with Gasteiger partial charge in [0.1, 0.15) is 11.5 Å². The van der Waals surface area contributed by atoms with Gasteiger partial charge in [-0.05, 0) is 50.1 Å². The lowest BCUT2D eigenvalue weighted by Crippen LogP contribution is -2.23. The van der Waals surface area contributed by atoms with Gasteiger partial charge in [0.2, 0.25) is 0 Å². The Kier molecular flexibility index (Phi) is 5.53. The van der Waals surface area contributed by atoms with Gasteiger partial charge in [-0.25, -0.2) is 0 Å². The van der Waals surface area contributed by atoms with Crippen molar-refractivity contribution < 1.29 is 4.42 Å². The summed E-state index contributed by atoms with van der Waals surface area (Å²) in [5.41, 5.74) is 1.03. The summed E-state index contributed by atoms with van der Waals surface area (Å²) in [6.45, 7) is 5.03. The van der Waals surface area contributed by atoms with Crippen molar-refractivity contribution in [2.75, 3.05) is 6.54 Å². The van der Waals surface area contributed by atoms with E-state index < -0.39 is 0 Å². The summed E-state index contributed by atoms with van der Waals surface area (Å²) in [7, 11) is 0. The van der Waals surface area contributed by atoms with Crippen LogP contribution >= 0.6 is 23.2 Å². The lowest BCUT2D eigenvalue weighted by Gasteiger charge is -2.17. The highest BCUT2D eigenvalue weighted by Crippen LogP contribution is 2.29. The molecular weight excluding hydrogens is 293 g/mol. The molecule has 0 saturated heterocycles. The molecule has 1 N–H and O–H groups in total. The zero-order valence-corrected chi connectivity index (χ0v) is 13.3. The summed E-state index contributed by atoms with van der Waals surface area (Å²) < 4.78 is 5.75. The molecule has 0 radical (unpaired) electrons. The van der Waals surface area contributed by atoms with Crippen LogP contribution in [-0.4, -0.2) is 6.54 Å². The highest BCUT2D eigenvalue weighted by molar-refractivity contribution is 6.42. The molecule has 20 heavy (non-hydrogen) atoms. The molecule has 1 atom stereocenters. The Balaban J connectivity index is 2.21. The van der Waals surface area contributed by atoms with Gasteiger partial charge in [-0.2, -0.15) is 0 Å². The summed E-state index contributed by atoms with van der Waals surface area (Å²) in [5.74, 6) is 1.85. The van der Waals surface area contributed by atoms with Crippen LogP contribution in [0.2, 0.25) is 10.0 Å². The zero-order valence-electron chi connectivity index (χ0n) is 11.7. The van der Waals surface area contributed by atoms with Gasteiger partial charge in [-0.1, -0.05) is 42.3 Å². The normalized spacial score (nSPS) is 12.6. The SMILES string of the molecule is CCCNC(Cc1cccc(Cl)c1Cl)c1ccc(C)o1. The molecule has 1 aromatic heterocycles. The lowest BCUT2D eigenvalue weighted by atomic mass is 10.0. The predicted molar refractivity (Wildman–Crippen MR) is 84.6 cm³/mol. The third-order valence-corrected chi connectivity index (χ3v) is 4.06. The molecule has 0 aliphatic rings. The van der Waals surface area contributed by atoms with Gasteiger partial charge < -0.3 is 9.73 Å². The first-order valence-corrected chi connectivity index (χ1v) is 7.60. The fourth-order valence-electron chi connectivity index (χ4n) is 2.16. The largest absolute Gasteiger partial charge is 0.465 e. The van der Waals surface area contributed by atoms with Crippen LogP contribution in [-0.2, 0) is 6.42 Å². The van der Waals surface area contributed by atoms with Gasteiger partial charge >= 0.3 is 0 Å². The molecule has 1 aromatic carbocycles. The Morgan fingerprint density at radius 3 is 2.65 bits per heavy atom. The van der Waals surface area contributed by atoms with Crippen LogP contribution in [0.25, 0.3) is 0 Å². The number of hydrogen-bond donors (Lipinski definition) is 1. The first kappa shape index (κ1) is 15.4. The summed E-state index contributed by atoms with van der Waals surface area (Å²) in [4.78, 5) is 0. The van der Waals surface area contributed by atoms with Crippen molar-refractivity contribution in [3.05, 3.63) is 57.5 Å². The van der Waals surface area contributed by atoms with E-state index in [-0.39, 0.29) is 6.04 Å². The molecule has 0 saturated carbocycles. The molecule has 1 unspecified atom stereocenters.